The Bertz CT molecular complexity index is 1110. The van der Waals surface area contributed by atoms with Crippen molar-refractivity contribution in [2.24, 2.45) is 0 Å². The molecule has 0 saturated carbocycles. The standard InChI is InChI=1S/C23H21Cl2N3O3/c1-28(14-20(29)27-22-18(24)7-4-8-19(22)25)21(30)11-12-26-23(31)17-10-9-15-5-2-3-6-16(15)13-17/h2-10,13H,11-12,14H2,1H3,(H,26,31)(H,27,29). The van der Waals surface area contributed by atoms with Gasteiger partial charge in [0.1, 0.15) is 0 Å². The van der Waals surface area contributed by atoms with Gasteiger partial charge in [-0.15, -0.1) is 0 Å². The maximum atomic E-state index is 12.4. The first-order valence-electron chi connectivity index (χ1n) is 9.60. The van der Waals surface area contributed by atoms with Crippen LogP contribution in [0.3, 0.4) is 0 Å². The second-order valence-corrected chi connectivity index (χ2v) is 7.78. The van der Waals surface area contributed by atoms with Gasteiger partial charge in [0, 0.05) is 25.6 Å². The van der Waals surface area contributed by atoms with Crippen LogP contribution >= 0.6 is 23.2 Å². The zero-order valence-electron chi connectivity index (χ0n) is 16.8. The van der Waals surface area contributed by atoms with Crippen LogP contribution < -0.4 is 10.6 Å². The van der Waals surface area contributed by atoms with E-state index in [0.717, 1.165) is 10.8 Å². The van der Waals surface area contributed by atoms with Gasteiger partial charge in [-0.3, -0.25) is 14.4 Å². The summed E-state index contributed by atoms with van der Waals surface area (Å²) < 4.78 is 0. The molecule has 3 aromatic rings. The number of fused-ring (bicyclic) bond motifs is 1. The third-order valence-electron chi connectivity index (χ3n) is 4.67. The van der Waals surface area contributed by atoms with E-state index in [4.69, 9.17) is 23.2 Å². The summed E-state index contributed by atoms with van der Waals surface area (Å²) in [5, 5.41) is 7.98. The van der Waals surface area contributed by atoms with Gasteiger partial charge in [0.15, 0.2) is 0 Å². The van der Waals surface area contributed by atoms with Gasteiger partial charge in [-0.1, -0.05) is 59.6 Å². The Hall–Kier alpha value is -3.09. The van der Waals surface area contributed by atoms with E-state index in [0.29, 0.717) is 21.3 Å². The van der Waals surface area contributed by atoms with E-state index in [2.05, 4.69) is 10.6 Å². The van der Waals surface area contributed by atoms with E-state index in [-0.39, 0.29) is 31.3 Å². The van der Waals surface area contributed by atoms with Gasteiger partial charge >= 0.3 is 0 Å². The lowest BCUT2D eigenvalue weighted by Gasteiger charge is -2.17. The minimum Gasteiger partial charge on any atom is -0.352 e. The smallest absolute Gasteiger partial charge is 0.251 e. The molecule has 0 atom stereocenters. The van der Waals surface area contributed by atoms with Crippen LogP contribution in [0, 0.1) is 0 Å². The molecular weight excluding hydrogens is 437 g/mol. The van der Waals surface area contributed by atoms with Crippen LogP contribution in [-0.4, -0.2) is 42.8 Å². The van der Waals surface area contributed by atoms with Crippen molar-refractivity contribution >= 4 is 57.4 Å². The molecule has 0 aromatic heterocycles. The Labute approximate surface area is 190 Å². The van der Waals surface area contributed by atoms with Gasteiger partial charge in [0.2, 0.25) is 11.8 Å². The molecule has 0 radical (unpaired) electrons. The number of benzene rings is 3. The molecule has 0 unspecified atom stereocenters. The molecule has 0 aliphatic rings. The van der Waals surface area contributed by atoms with Gasteiger partial charge < -0.3 is 15.5 Å². The Morgan fingerprint density at radius 3 is 2.29 bits per heavy atom. The number of carbonyl (C=O) groups is 3. The largest absolute Gasteiger partial charge is 0.352 e. The summed E-state index contributed by atoms with van der Waals surface area (Å²) in [4.78, 5) is 38.2. The molecule has 2 N–H and O–H groups in total. The Morgan fingerprint density at radius 2 is 1.58 bits per heavy atom. The highest BCUT2D eigenvalue weighted by atomic mass is 35.5. The highest BCUT2D eigenvalue weighted by Gasteiger charge is 2.16. The molecule has 160 valence electrons. The molecule has 3 aromatic carbocycles. The quantitative estimate of drug-likeness (QED) is 0.552. The van der Waals surface area contributed by atoms with Crippen molar-refractivity contribution in [3.8, 4) is 0 Å². The number of hydrogen-bond acceptors (Lipinski definition) is 3. The van der Waals surface area contributed by atoms with Crippen molar-refractivity contribution in [3.05, 3.63) is 76.3 Å². The van der Waals surface area contributed by atoms with Crippen LogP contribution in [0.25, 0.3) is 10.8 Å². The summed E-state index contributed by atoms with van der Waals surface area (Å²) in [7, 11) is 1.52. The van der Waals surface area contributed by atoms with E-state index in [1.807, 2.05) is 36.4 Å². The molecule has 8 heteroatoms. The SMILES string of the molecule is CN(CC(=O)Nc1c(Cl)cccc1Cl)C(=O)CCNC(=O)c1ccc2ccccc2c1. The molecule has 6 nitrogen and oxygen atoms in total. The minimum absolute atomic E-state index is 0.0654. The zero-order valence-corrected chi connectivity index (χ0v) is 18.3. The Balaban J connectivity index is 1.47. The van der Waals surface area contributed by atoms with E-state index in [1.54, 1.807) is 24.3 Å². The second kappa shape index (κ2) is 10.3. The molecule has 0 bridgehead atoms. The molecule has 3 rings (SSSR count). The molecule has 3 amide bonds. The van der Waals surface area contributed by atoms with Gasteiger partial charge in [0.25, 0.3) is 5.91 Å². The average Bonchev–Trinajstić information content (AvgIpc) is 2.75. The number of likely N-dealkylation sites (N-methyl/N-ethyl adjacent to an activating group) is 1. The normalized spacial score (nSPS) is 10.5. The number of anilines is 1. The zero-order chi connectivity index (χ0) is 22.4. The van der Waals surface area contributed by atoms with Crippen LogP contribution in [0.5, 0.6) is 0 Å². The number of rotatable bonds is 7. The summed E-state index contributed by atoms with van der Waals surface area (Å²) >= 11 is 12.1. The highest BCUT2D eigenvalue weighted by Crippen LogP contribution is 2.29. The topological polar surface area (TPSA) is 78.5 Å². The van der Waals surface area contributed by atoms with Crippen LogP contribution in [-0.2, 0) is 9.59 Å². The fourth-order valence-electron chi connectivity index (χ4n) is 3.01. The van der Waals surface area contributed by atoms with Crippen LogP contribution in [0.15, 0.2) is 60.7 Å². The molecule has 0 aliphatic carbocycles. The Kier molecular flexibility index (Phi) is 7.50. The van der Waals surface area contributed by atoms with E-state index < -0.39 is 5.91 Å². The van der Waals surface area contributed by atoms with Crippen molar-refractivity contribution < 1.29 is 14.4 Å². The van der Waals surface area contributed by atoms with E-state index >= 15 is 0 Å². The minimum atomic E-state index is -0.425. The lowest BCUT2D eigenvalue weighted by molar-refractivity contribution is -0.133. The summed E-state index contributed by atoms with van der Waals surface area (Å²) in [5.74, 6) is -0.961. The van der Waals surface area contributed by atoms with Gasteiger partial charge in [-0.2, -0.15) is 0 Å². The number of nitrogens with one attached hydrogen (secondary N) is 2. The lowest BCUT2D eigenvalue weighted by Crippen LogP contribution is -2.37. The number of nitrogens with zero attached hydrogens (tertiary/aromatic N) is 1. The number of halogens is 2. The number of amides is 3. The summed E-state index contributed by atoms with van der Waals surface area (Å²) in [6, 6.07) is 18.1. The highest BCUT2D eigenvalue weighted by molar-refractivity contribution is 6.39. The molecule has 0 saturated heterocycles. The Morgan fingerprint density at radius 1 is 0.903 bits per heavy atom. The molecule has 0 fully saturated rings. The lowest BCUT2D eigenvalue weighted by atomic mass is 10.1. The third-order valence-corrected chi connectivity index (χ3v) is 5.30. The maximum absolute atomic E-state index is 12.4. The van der Waals surface area contributed by atoms with Gasteiger partial charge in [-0.25, -0.2) is 0 Å². The van der Waals surface area contributed by atoms with Crippen molar-refractivity contribution in [1.29, 1.82) is 0 Å². The van der Waals surface area contributed by atoms with Crippen molar-refractivity contribution in [3.63, 3.8) is 0 Å². The molecular formula is C23H21Cl2N3O3. The number of carbonyl (C=O) groups excluding carboxylic acids is 3. The number of hydrogen-bond donors (Lipinski definition) is 2. The van der Waals surface area contributed by atoms with E-state index in [1.165, 1.54) is 11.9 Å². The number of para-hydroxylation sites is 1. The summed E-state index contributed by atoms with van der Waals surface area (Å²) in [6.07, 6.45) is 0.0654. The summed E-state index contributed by atoms with van der Waals surface area (Å²) in [5.41, 5.74) is 0.829. The average molecular weight is 458 g/mol. The first kappa shape index (κ1) is 22.6. The van der Waals surface area contributed by atoms with E-state index in [9.17, 15) is 14.4 Å². The maximum Gasteiger partial charge on any atom is 0.251 e. The summed E-state index contributed by atoms with van der Waals surface area (Å²) in [6.45, 7) is -0.00813. The first-order chi connectivity index (χ1) is 14.8. The van der Waals surface area contributed by atoms with Crippen LogP contribution in [0.4, 0.5) is 5.69 Å². The predicted octanol–water partition coefficient (Wildman–Crippen LogP) is 4.36. The monoisotopic (exact) mass is 457 g/mol. The van der Waals surface area contributed by atoms with Crippen LogP contribution in [0.2, 0.25) is 10.0 Å². The van der Waals surface area contributed by atoms with Crippen molar-refractivity contribution in [1.82, 2.24) is 10.2 Å². The van der Waals surface area contributed by atoms with Crippen LogP contribution in [0.1, 0.15) is 16.8 Å². The van der Waals surface area contributed by atoms with Crippen molar-refractivity contribution in [2.75, 3.05) is 25.5 Å². The van der Waals surface area contributed by atoms with Gasteiger partial charge in [0.05, 0.1) is 22.3 Å². The first-order valence-corrected chi connectivity index (χ1v) is 10.4. The second-order valence-electron chi connectivity index (χ2n) is 6.96. The molecule has 31 heavy (non-hydrogen) atoms. The van der Waals surface area contributed by atoms with Crippen molar-refractivity contribution in [2.45, 2.75) is 6.42 Å². The fraction of sp³-hybridized carbons (Fsp3) is 0.174. The fourth-order valence-corrected chi connectivity index (χ4v) is 3.50. The molecule has 0 heterocycles. The molecule has 0 spiro atoms. The molecule has 0 aliphatic heterocycles. The predicted molar refractivity (Wildman–Crippen MR) is 124 cm³/mol. The third kappa shape index (κ3) is 5.96. The van der Waals surface area contributed by atoms with Gasteiger partial charge in [-0.05, 0) is 35.0 Å².